The Morgan fingerprint density at radius 2 is 2.11 bits per heavy atom. The molecule has 0 N–H and O–H groups in total. The third-order valence-corrected chi connectivity index (χ3v) is 5.11. The molecule has 0 spiro atoms. The number of halogens is 3. The largest absolute Gasteiger partial charge is 0.416 e. The number of carbonyl (C=O) groups excluding carboxylic acids is 1. The fourth-order valence-electron chi connectivity index (χ4n) is 1.68. The lowest BCUT2D eigenvalue weighted by atomic mass is 10.1. The number of carbonyl (C=O) groups is 1. The van der Waals surface area contributed by atoms with Crippen molar-refractivity contribution in [3.63, 3.8) is 0 Å². The van der Waals surface area contributed by atoms with Crippen molar-refractivity contribution in [1.29, 1.82) is 0 Å². The average molecular weight is 322 g/mol. The maximum Gasteiger partial charge on any atom is 0.416 e. The first-order valence-corrected chi connectivity index (χ1v) is 7.59. The first-order valence-electron chi connectivity index (χ1n) is 5.34. The number of thiophene rings is 1. The van der Waals surface area contributed by atoms with Crippen LogP contribution in [0.2, 0.25) is 0 Å². The van der Waals surface area contributed by atoms with Gasteiger partial charge in [-0.05, 0) is 17.9 Å². The van der Waals surface area contributed by atoms with Gasteiger partial charge in [-0.15, -0.1) is 23.1 Å². The molecule has 0 fully saturated rings. The van der Waals surface area contributed by atoms with E-state index in [9.17, 15) is 18.0 Å². The summed E-state index contributed by atoms with van der Waals surface area (Å²) in [4.78, 5) is 12.6. The Balaban J connectivity index is 2.66. The van der Waals surface area contributed by atoms with Crippen LogP contribution >= 0.6 is 35.7 Å². The molecule has 0 aliphatic carbocycles. The summed E-state index contributed by atoms with van der Waals surface area (Å²) in [5, 5.41) is 0.271. The highest BCUT2D eigenvalue weighted by Crippen LogP contribution is 2.41. The molecule has 1 aromatic heterocycles. The van der Waals surface area contributed by atoms with Crippen LogP contribution < -0.4 is 0 Å². The van der Waals surface area contributed by atoms with Crippen molar-refractivity contribution in [1.82, 2.24) is 0 Å². The highest BCUT2D eigenvalue weighted by atomic mass is 32.2. The molecule has 102 valence electrons. The molecule has 1 aromatic carbocycles. The van der Waals surface area contributed by atoms with E-state index in [-0.39, 0.29) is 0 Å². The fraction of sp³-hybridized carbons (Fsp3) is 0.250. The summed E-state index contributed by atoms with van der Waals surface area (Å²) in [5.74, 6) is 0.737. The molecule has 0 aliphatic heterocycles. The second-order valence-electron chi connectivity index (χ2n) is 3.71. The van der Waals surface area contributed by atoms with Gasteiger partial charge in [-0.3, -0.25) is 4.79 Å². The van der Waals surface area contributed by atoms with Gasteiger partial charge in [-0.25, -0.2) is 0 Å². The van der Waals surface area contributed by atoms with Gasteiger partial charge in [-0.1, -0.05) is 25.6 Å². The van der Waals surface area contributed by atoms with Crippen LogP contribution in [-0.4, -0.2) is 10.9 Å². The van der Waals surface area contributed by atoms with Gasteiger partial charge in [0.25, 0.3) is 0 Å². The molecule has 0 amide bonds. The quantitative estimate of drug-likeness (QED) is 0.625. The molecule has 1 heterocycles. The minimum atomic E-state index is -4.37. The maximum absolute atomic E-state index is 12.6. The Morgan fingerprint density at radius 3 is 2.63 bits per heavy atom. The smallest absolute Gasteiger partial charge is 0.281 e. The van der Waals surface area contributed by atoms with Crippen molar-refractivity contribution < 1.29 is 18.0 Å². The van der Waals surface area contributed by atoms with Crippen LogP contribution in [0.3, 0.4) is 0 Å². The first-order chi connectivity index (χ1) is 8.84. The number of thiol groups is 1. The van der Waals surface area contributed by atoms with E-state index in [2.05, 4.69) is 12.6 Å². The Hall–Kier alpha value is -0.660. The topological polar surface area (TPSA) is 17.1 Å². The number of hydrogen-bond donors (Lipinski definition) is 1. The summed E-state index contributed by atoms with van der Waals surface area (Å²) < 4.78 is 38.4. The van der Waals surface area contributed by atoms with E-state index in [0.29, 0.717) is 15.0 Å². The molecule has 0 bridgehead atoms. The number of fused-ring (bicyclic) bond motifs is 1. The lowest BCUT2D eigenvalue weighted by molar-refractivity contribution is -0.137. The Kier molecular flexibility index (Phi) is 4.17. The average Bonchev–Trinajstić information content (AvgIpc) is 2.67. The molecule has 0 atom stereocenters. The van der Waals surface area contributed by atoms with Crippen molar-refractivity contribution >= 4 is 50.9 Å². The second kappa shape index (κ2) is 5.38. The maximum atomic E-state index is 12.6. The molecule has 0 radical (unpaired) electrons. The minimum Gasteiger partial charge on any atom is -0.281 e. The van der Waals surface area contributed by atoms with E-state index in [4.69, 9.17) is 0 Å². The number of benzene rings is 1. The van der Waals surface area contributed by atoms with Crippen LogP contribution in [0.1, 0.15) is 22.2 Å². The predicted octanol–water partition coefficient (Wildman–Crippen LogP) is 5.10. The van der Waals surface area contributed by atoms with Crippen LogP contribution in [0.4, 0.5) is 13.2 Å². The van der Waals surface area contributed by atoms with E-state index in [0.717, 1.165) is 34.1 Å². The third-order valence-electron chi connectivity index (χ3n) is 2.45. The van der Waals surface area contributed by atoms with E-state index >= 15 is 0 Å². The van der Waals surface area contributed by atoms with Crippen molar-refractivity contribution in [2.75, 3.05) is 5.75 Å². The van der Waals surface area contributed by atoms with Gasteiger partial charge < -0.3 is 0 Å². The molecule has 0 saturated carbocycles. The van der Waals surface area contributed by atoms with Gasteiger partial charge in [-0.2, -0.15) is 13.2 Å². The normalized spacial score (nSPS) is 12.1. The molecule has 1 nitrogen and oxygen atoms in total. The first kappa shape index (κ1) is 14.7. The fourth-order valence-corrected chi connectivity index (χ4v) is 4.19. The summed E-state index contributed by atoms with van der Waals surface area (Å²) in [6, 6.07) is 3.55. The molecular weight excluding hydrogens is 313 g/mol. The standard InChI is InChI=1S/C12H9F3OS3/c1-2-18-9-7-4-3-6(12(13,14)15)5-8(7)19-10(9)11(16)17/h3-5H,2H2,1H3,(H,16,17). The van der Waals surface area contributed by atoms with Crippen LogP contribution in [0.5, 0.6) is 0 Å². The highest BCUT2D eigenvalue weighted by molar-refractivity contribution is 8.00. The van der Waals surface area contributed by atoms with Gasteiger partial charge in [0, 0.05) is 15.0 Å². The highest BCUT2D eigenvalue weighted by Gasteiger charge is 2.31. The van der Waals surface area contributed by atoms with Gasteiger partial charge in [0.05, 0.1) is 10.4 Å². The zero-order valence-corrected chi connectivity index (χ0v) is 12.3. The molecular formula is C12H9F3OS3. The molecule has 2 rings (SSSR count). The van der Waals surface area contributed by atoms with E-state index in [1.807, 2.05) is 6.92 Å². The van der Waals surface area contributed by atoms with Gasteiger partial charge in [0.2, 0.25) is 5.12 Å². The van der Waals surface area contributed by atoms with Gasteiger partial charge in [0.1, 0.15) is 0 Å². The lowest BCUT2D eigenvalue weighted by Crippen LogP contribution is -2.03. The second-order valence-corrected chi connectivity index (χ2v) is 6.44. The number of thioether (sulfide) groups is 1. The predicted molar refractivity (Wildman–Crippen MR) is 76.5 cm³/mol. The van der Waals surface area contributed by atoms with Crippen molar-refractivity contribution in [3.05, 3.63) is 28.6 Å². The van der Waals surface area contributed by atoms with Crippen molar-refractivity contribution in [2.45, 2.75) is 18.0 Å². The van der Waals surface area contributed by atoms with E-state index in [1.54, 1.807) is 0 Å². The monoisotopic (exact) mass is 322 g/mol. The zero-order chi connectivity index (χ0) is 14.2. The van der Waals surface area contributed by atoms with Crippen LogP contribution in [0.15, 0.2) is 23.1 Å². The summed E-state index contributed by atoms with van der Waals surface area (Å²) in [6.07, 6.45) is -4.37. The van der Waals surface area contributed by atoms with Crippen molar-refractivity contribution in [2.24, 2.45) is 0 Å². The van der Waals surface area contributed by atoms with Gasteiger partial charge in [0.15, 0.2) is 0 Å². The van der Waals surface area contributed by atoms with Crippen molar-refractivity contribution in [3.8, 4) is 0 Å². The zero-order valence-electron chi connectivity index (χ0n) is 9.75. The number of alkyl halides is 3. The lowest BCUT2D eigenvalue weighted by Gasteiger charge is -2.06. The molecule has 0 aliphatic rings. The van der Waals surface area contributed by atoms with Crippen LogP contribution in [-0.2, 0) is 6.18 Å². The Bertz CT molecular complexity index is 631. The molecule has 7 heteroatoms. The Morgan fingerprint density at radius 1 is 1.42 bits per heavy atom. The summed E-state index contributed by atoms with van der Waals surface area (Å²) >= 11 is 6.27. The molecule has 0 saturated heterocycles. The van der Waals surface area contributed by atoms with Crippen LogP contribution in [0.25, 0.3) is 10.1 Å². The number of rotatable bonds is 3. The van der Waals surface area contributed by atoms with E-state index in [1.165, 1.54) is 17.8 Å². The summed E-state index contributed by atoms with van der Waals surface area (Å²) in [6.45, 7) is 1.92. The Labute approximate surface area is 121 Å². The van der Waals surface area contributed by atoms with E-state index < -0.39 is 16.9 Å². The summed E-state index contributed by atoms with van der Waals surface area (Å²) in [7, 11) is 0. The minimum absolute atomic E-state index is 0.407. The van der Waals surface area contributed by atoms with Crippen LogP contribution in [0, 0.1) is 0 Å². The molecule has 0 unspecified atom stereocenters. The number of hydrogen-bond acceptors (Lipinski definition) is 3. The summed E-state index contributed by atoms with van der Waals surface area (Å²) in [5.41, 5.74) is -0.701. The third kappa shape index (κ3) is 2.93. The SMILES string of the molecule is CCSc1c(C(=O)S)sc2cc(C(F)(F)F)ccc12. The molecule has 19 heavy (non-hydrogen) atoms. The molecule has 2 aromatic rings. The van der Waals surface area contributed by atoms with Gasteiger partial charge >= 0.3 is 6.18 Å².